The number of nitrogens with zero attached hydrogens (tertiary/aromatic N) is 3. The summed E-state index contributed by atoms with van der Waals surface area (Å²) in [6.45, 7) is 2.94. The van der Waals surface area contributed by atoms with Crippen molar-refractivity contribution < 1.29 is 18.7 Å². The van der Waals surface area contributed by atoms with Crippen LogP contribution in [0.1, 0.15) is 62.3 Å². The van der Waals surface area contributed by atoms with Gasteiger partial charge in [-0.3, -0.25) is 4.79 Å². The van der Waals surface area contributed by atoms with Gasteiger partial charge in [0.15, 0.2) is 0 Å². The lowest BCUT2D eigenvalue weighted by Crippen LogP contribution is -2.48. The first-order valence-electron chi connectivity index (χ1n) is 9.63. The molecule has 0 bridgehead atoms. The Kier molecular flexibility index (Phi) is 4.01. The molecule has 3 aliphatic heterocycles. The van der Waals surface area contributed by atoms with Crippen LogP contribution in [0.5, 0.6) is 0 Å². The molecule has 3 saturated heterocycles. The van der Waals surface area contributed by atoms with Crippen LogP contribution in [0.4, 0.5) is 0 Å². The Labute approximate surface area is 147 Å². The van der Waals surface area contributed by atoms with Gasteiger partial charge in [-0.25, -0.2) is 0 Å². The smallest absolute Gasteiger partial charge is 0.245 e. The maximum Gasteiger partial charge on any atom is 0.245 e. The molecule has 0 radical (unpaired) electrons. The summed E-state index contributed by atoms with van der Waals surface area (Å²) in [5.74, 6) is 2.75. The highest BCUT2D eigenvalue weighted by Crippen LogP contribution is 2.43. The quantitative estimate of drug-likeness (QED) is 0.833. The molecule has 1 saturated carbocycles. The minimum atomic E-state index is -0.104. The number of hydrogen-bond donors (Lipinski definition) is 0. The van der Waals surface area contributed by atoms with Crippen LogP contribution in [0.3, 0.4) is 0 Å². The fourth-order valence-corrected chi connectivity index (χ4v) is 4.36. The lowest BCUT2D eigenvalue weighted by atomic mass is 9.90. The molecule has 25 heavy (non-hydrogen) atoms. The first-order chi connectivity index (χ1) is 12.3. The van der Waals surface area contributed by atoms with E-state index in [-0.39, 0.29) is 24.0 Å². The fourth-order valence-electron chi connectivity index (χ4n) is 4.36. The number of aromatic nitrogens is 2. The van der Waals surface area contributed by atoms with Crippen LogP contribution in [0.25, 0.3) is 0 Å². The van der Waals surface area contributed by atoms with Crippen molar-refractivity contribution in [2.75, 3.05) is 26.3 Å². The molecule has 1 aromatic rings. The monoisotopic (exact) mass is 347 g/mol. The van der Waals surface area contributed by atoms with Gasteiger partial charge in [-0.05, 0) is 44.4 Å². The largest absolute Gasteiger partial charge is 0.422 e. The number of ether oxygens (including phenoxy) is 2. The molecule has 0 spiro atoms. The van der Waals surface area contributed by atoms with Crippen molar-refractivity contribution in [3.63, 3.8) is 0 Å². The number of fused-ring (bicyclic) bond motifs is 1. The molecule has 1 aromatic heterocycles. The lowest BCUT2D eigenvalue weighted by Gasteiger charge is -2.36. The minimum absolute atomic E-state index is 0.0961. The third-order valence-corrected chi connectivity index (χ3v) is 6.09. The van der Waals surface area contributed by atoms with Crippen molar-refractivity contribution in [1.82, 2.24) is 15.1 Å². The van der Waals surface area contributed by atoms with E-state index in [1.807, 2.05) is 4.90 Å². The lowest BCUT2D eigenvalue weighted by molar-refractivity contribution is -0.143. The van der Waals surface area contributed by atoms with Crippen LogP contribution in [0.2, 0.25) is 0 Å². The molecule has 5 rings (SSSR count). The van der Waals surface area contributed by atoms with Gasteiger partial charge in [0.05, 0.1) is 6.10 Å². The molecule has 4 fully saturated rings. The molecular weight excluding hydrogens is 322 g/mol. The number of carbonyl (C=O) groups is 1. The van der Waals surface area contributed by atoms with E-state index in [1.165, 1.54) is 0 Å². The van der Waals surface area contributed by atoms with Crippen LogP contribution >= 0.6 is 0 Å². The van der Waals surface area contributed by atoms with E-state index in [2.05, 4.69) is 10.2 Å². The molecule has 4 heterocycles. The van der Waals surface area contributed by atoms with Gasteiger partial charge in [0.2, 0.25) is 17.7 Å². The zero-order valence-electron chi connectivity index (χ0n) is 14.4. The van der Waals surface area contributed by atoms with E-state index >= 15 is 0 Å². The highest BCUT2D eigenvalue weighted by atomic mass is 16.5. The Morgan fingerprint density at radius 3 is 2.64 bits per heavy atom. The predicted molar refractivity (Wildman–Crippen MR) is 86.7 cm³/mol. The number of rotatable bonds is 3. The highest BCUT2D eigenvalue weighted by Gasteiger charge is 2.43. The molecule has 7 heteroatoms. The van der Waals surface area contributed by atoms with Gasteiger partial charge in [0, 0.05) is 38.1 Å². The van der Waals surface area contributed by atoms with Crippen molar-refractivity contribution >= 4 is 5.91 Å². The summed E-state index contributed by atoms with van der Waals surface area (Å²) in [7, 11) is 0. The van der Waals surface area contributed by atoms with Gasteiger partial charge < -0.3 is 18.8 Å². The Morgan fingerprint density at radius 1 is 1.04 bits per heavy atom. The van der Waals surface area contributed by atoms with Crippen LogP contribution in [0.15, 0.2) is 4.42 Å². The Morgan fingerprint density at radius 2 is 1.84 bits per heavy atom. The summed E-state index contributed by atoms with van der Waals surface area (Å²) in [6, 6.07) is 0. The van der Waals surface area contributed by atoms with E-state index in [1.54, 1.807) is 0 Å². The summed E-state index contributed by atoms with van der Waals surface area (Å²) < 4.78 is 17.4. The highest BCUT2D eigenvalue weighted by molar-refractivity contribution is 5.79. The number of carbonyl (C=O) groups excluding carboxylic acids is 1. The van der Waals surface area contributed by atoms with E-state index < -0.39 is 0 Å². The van der Waals surface area contributed by atoms with Crippen LogP contribution in [-0.2, 0) is 14.3 Å². The van der Waals surface area contributed by atoms with E-state index in [9.17, 15) is 4.79 Å². The van der Waals surface area contributed by atoms with Crippen molar-refractivity contribution in [3.8, 4) is 0 Å². The van der Waals surface area contributed by atoms with Gasteiger partial charge in [-0.1, -0.05) is 0 Å². The molecule has 0 unspecified atom stereocenters. The normalized spacial score (nSPS) is 33.4. The number of likely N-dealkylation sites (tertiary alicyclic amines) is 1. The Bertz CT molecular complexity index is 638. The maximum absolute atomic E-state index is 12.8. The number of amides is 1. The second kappa shape index (κ2) is 6.36. The van der Waals surface area contributed by atoms with Crippen LogP contribution < -0.4 is 0 Å². The van der Waals surface area contributed by atoms with Gasteiger partial charge in [-0.15, -0.1) is 10.2 Å². The molecular formula is C18H25N3O4. The average Bonchev–Trinajstić information content (AvgIpc) is 3.23. The first-order valence-corrected chi connectivity index (χ1v) is 9.63. The van der Waals surface area contributed by atoms with Crippen molar-refractivity contribution in [3.05, 3.63) is 11.8 Å². The molecule has 4 aliphatic rings. The van der Waals surface area contributed by atoms with Crippen LogP contribution in [-0.4, -0.2) is 53.4 Å². The van der Waals surface area contributed by atoms with Crippen LogP contribution in [0, 0.1) is 11.8 Å². The van der Waals surface area contributed by atoms with Crippen molar-refractivity contribution in [2.45, 2.75) is 56.7 Å². The fraction of sp³-hybridized carbons (Fsp3) is 0.833. The van der Waals surface area contributed by atoms with Crippen molar-refractivity contribution in [1.29, 1.82) is 0 Å². The minimum Gasteiger partial charge on any atom is -0.422 e. The zero-order valence-corrected chi connectivity index (χ0v) is 14.4. The topological polar surface area (TPSA) is 77.7 Å². The molecule has 3 atom stereocenters. The summed E-state index contributed by atoms with van der Waals surface area (Å²) >= 11 is 0. The van der Waals surface area contributed by atoms with E-state index in [0.717, 1.165) is 51.0 Å². The second-order valence-electron chi connectivity index (χ2n) is 7.87. The standard InChI is InChI=1S/C18H25N3O4/c22-18(12-4-7-23-8-5-12)21-6-3-13-9-14(24-15(13)10-21)17-20-19-16(25-17)11-1-2-11/h11-15H,1-10H2/t13-,14+,15+/m0/s1. The van der Waals surface area contributed by atoms with Gasteiger partial charge in [0.1, 0.15) is 6.10 Å². The zero-order chi connectivity index (χ0) is 16.8. The van der Waals surface area contributed by atoms with Crippen molar-refractivity contribution in [2.24, 2.45) is 11.8 Å². The molecule has 0 N–H and O–H groups in total. The van der Waals surface area contributed by atoms with Gasteiger partial charge in [0.25, 0.3) is 0 Å². The summed E-state index contributed by atoms with van der Waals surface area (Å²) in [4.78, 5) is 14.8. The number of hydrogen-bond acceptors (Lipinski definition) is 6. The van der Waals surface area contributed by atoms with Gasteiger partial charge in [-0.2, -0.15) is 0 Å². The number of piperidine rings is 1. The third-order valence-electron chi connectivity index (χ3n) is 6.09. The molecule has 1 amide bonds. The first kappa shape index (κ1) is 15.8. The Hall–Kier alpha value is -1.47. The Balaban J connectivity index is 1.21. The third kappa shape index (κ3) is 3.08. The van der Waals surface area contributed by atoms with E-state index in [4.69, 9.17) is 13.9 Å². The summed E-state index contributed by atoms with van der Waals surface area (Å²) in [5.41, 5.74) is 0. The molecule has 1 aliphatic carbocycles. The van der Waals surface area contributed by atoms with Gasteiger partial charge >= 0.3 is 0 Å². The molecule has 136 valence electrons. The van der Waals surface area contributed by atoms with E-state index in [0.29, 0.717) is 37.5 Å². The summed E-state index contributed by atoms with van der Waals surface area (Å²) in [6.07, 6.45) is 5.92. The molecule has 7 nitrogen and oxygen atoms in total. The maximum atomic E-state index is 12.8. The predicted octanol–water partition coefficient (Wildman–Crippen LogP) is 2.05. The summed E-state index contributed by atoms with van der Waals surface area (Å²) in [5, 5.41) is 8.38. The average molecular weight is 347 g/mol. The second-order valence-corrected chi connectivity index (χ2v) is 7.87. The SMILES string of the molecule is O=C(C1CCOCC1)N1CC[C@H]2C[C@H](c3nnc(C4CC4)o3)O[C@@H]2C1. The molecule has 0 aromatic carbocycles.